The van der Waals surface area contributed by atoms with Crippen LogP contribution in [0, 0.1) is 5.82 Å². The zero-order valence-electron chi connectivity index (χ0n) is 14.5. The van der Waals surface area contributed by atoms with Gasteiger partial charge in [-0.1, -0.05) is 12.1 Å². The smallest absolute Gasteiger partial charge is 0.254 e. The summed E-state index contributed by atoms with van der Waals surface area (Å²) in [5.74, 6) is 0.381. The second-order valence-corrected chi connectivity index (χ2v) is 7.60. The van der Waals surface area contributed by atoms with E-state index >= 15 is 0 Å². The summed E-state index contributed by atoms with van der Waals surface area (Å²) in [5.41, 5.74) is 3.03. The number of hydrogen-bond donors (Lipinski definition) is 1. The lowest BCUT2D eigenvalue weighted by molar-refractivity contribution is 0.0571. The molecule has 0 spiro atoms. The predicted molar refractivity (Wildman–Crippen MR) is 99.7 cm³/mol. The van der Waals surface area contributed by atoms with Gasteiger partial charge in [0.25, 0.3) is 5.91 Å². The predicted octanol–water partition coefficient (Wildman–Crippen LogP) is 4.86. The maximum absolute atomic E-state index is 13.2. The molecule has 2 fully saturated rings. The van der Waals surface area contributed by atoms with Crippen LogP contribution in [0.2, 0.25) is 0 Å². The first kappa shape index (κ1) is 15.6. The van der Waals surface area contributed by atoms with Gasteiger partial charge >= 0.3 is 0 Å². The van der Waals surface area contributed by atoms with Crippen LogP contribution in [0.25, 0.3) is 10.9 Å². The van der Waals surface area contributed by atoms with Gasteiger partial charge in [-0.2, -0.15) is 0 Å². The lowest BCUT2D eigenvalue weighted by atomic mass is 9.84. The van der Waals surface area contributed by atoms with Crippen LogP contribution in [-0.2, 0) is 0 Å². The van der Waals surface area contributed by atoms with Gasteiger partial charge in [0.2, 0.25) is 0 Å². The van der Waals surface area contributed by atoms with E-state index in [0.29, 0.717) is 18.0 Å². The van der Waals surface area contributed by atoms with Gasteiger partial charge in [-0.3, -0.25) is 4.79 Å². The third-order valence-electron chi connectivity index (χ3n) is 6.11. The van der Waals surface area contributed by atoms with Gasteiger partial charge in [-0.25, -0.2) is 4.39 Å². The molecule has 132 valence electrons. The number of rotatable bonds is 2. The van der Waals surface area contributed by atoms with Crippen molar-refractivity contribution in [2.45, 2.75) is 43.7 Å². The van der Waals surface area contributed by atoms with E-state index in [1.165, 1.54) is 5.56 Å². The molecular formula is C22H21FN2O. The van der Waals surface area contributed by atoms with Crippen molar-refractivity contribution in [3.8, 4) is 0 Å². The SMILES string of the molecule is O=C(c1ccc2[nH]ccc2c1)N1[C@@H]2CC[C@H]1C[C@@H](c1ccc(F)cc1)C2. The summed E-state index contributed by atoms with van der Waals surface area (Å²) in [5, 5.41) is 1.07. The molecule has 0 saturated carbocycles. The Kier molecular flexibility index (Phi) is 3.59. The van der Waals surface area contributed by atoms with Crippen LogP contribution in [0.4, 0.5) is 4.39 Å². The van der Waals surface area contributed by atoms with Gasteiger partial charge in [-0.05, 0) is 73.6 Å². The lowest BCUT2D eigenvalue weighted by Crippen LogP contribution is -2.46. The highest BCUT2D eigenvalue weighted by molar-refractivity contribution is 5.98. The Labute approximate surface area is 151 Å². The number of aromatic nitrogens is 1. The van der Waals surface area contributed by atoms with Crippen molar-refractivity contribution in [3.05, 3.63) is 71.7 Å². The molecule has 0 unspecified atom stereocenters. The van der Waals surface area contributed by atoms with E-state index in [1.54, 1.807) is 12.1 Å². The number of carbonyl (C=O) groups excluding carboxylic acids is 1. The Morgan fingerprint density at radius 3 is 2.46 bits per heavy atom. The Morgan fingerprint density at radius 1 is 1.00 bits per heavy atom. The molecule has 2 aliphatic heterocycles. The van der Waals surface area contributed by atoms with E-state index in [9.17, 15) is 9.18 Å². The third kappa shape index (κ3) is 2.52. The zero-order chi connectivity index (χ0) is 17.7. The monoisotopic (exact) mass is 348 g/mol. The average molecular weight is 348 g/mol. The molecule has 4 heteroatoms. The Morgan fingerprint density at radius 2 is 1.73 bits per heavy atom. The van der Waals surface area contributed by atoms with Crippen molar-refractivity contribution in [2.24, 2.45) is 0 Å². The van der Waals surface area contributed by atoms with Crippen LogP contribution >= 0.6 is 0 Å². The molecule has 3 aromatic rings. The van der Waals surface area contributed by atoms with Gasteiger partial charge in [0.15, 0.2) is 0 Å². The van der Waals surface area contributed by atoms with E-state index in [-0.39, 0.29) is 11.7 Å². The Hall–Kier alpha value is -2.62. The number of H-pyrrole nitrogens is 1. The van der Waals surface area contributed by atoms with Crippen LogP contribution in [-0.4, -0.2) is 27.9 Å². The number of aromatic amines is 1. The van der Waals surface area contributed by atoms with Crippen molar-refractivity contribution in [3.63, 3.8) is 0 Å². The van der Waals surface area contributed by atoms with Gasteiger partial charge < -0.3 is 9.88 Å². The van der Waals surface area contributed by atoms with Crippen LogP contribution < -0.4 is 0 Å². The zero-order valence-corrected chi connectivity index (χ0v) is 14.5. The summed E-state index contributed by atoms with van der Waals surface area (Å²) in [6.07, 6.45) is 5.98. The van der Waals surface area contributed by atoms with Gasteiger partial charge in [0, 0.05) is 34.7 Å². The molecule has 26 heavy (non-hydrogen) atoms. The summed E-state index contributed by atoms with van der Waals surface area (Å²) in [6.45, 7) is 0. The average Bonchev–Trinajstić information content (AvgIpc) is 3.23. The number of piperidine rings is 1. The number of hydrogen-bond acceptors (Lipinski definition) is 1. The van der Waals surface area contributed by atoms with E-state index in [4.69, 9.17) is 0 Å². The van der Waals surface area contributed by atoms with Crippen LogP contribution in [0.15, 0.2) is 54.7 Å². The maximum Gasteiger partial charge on any atom is 0.254 e. The second kappa shape index (κ2) is 5.97. The fourth-order valence-electron chi connectivity index (χ4n) is 4.85. The van der Waals surface area contributed by atoms with Crippen LogP contribution in [0.1, 0.15) is 47.5 Å². The molecule has 2 aliphatic rings. The van der Waals surface area contributed by atoms with Gasteiger partial charge in [0.05, 0.1) is 0 Å². The molecule has 1 amide bonds. The third-order valence-corrected chi connectivity index (χ3v) is 6.11. The molecule has 0 radical (unpaired) electrons. The summed E-state index contributed by atoms with van der Waals surface area (Å²) >= 11 is 0. The number of nitrogens with one attached hydrogen (secondary N) is 1. The first-order chi connectivity index (χ1) is 12.7. The minimum Gasteiger partial charge on any atom is -0.361 e. The summed E-state index contributed by atoms with van der Waals surface area (Å²) in [4.78, 5) is 18.5. The molecule has 5 rings (SSSR count). The minimum atomic E-state index is -0.190. The molecule has 1 N–H and O–H groups in total. The number of amides is 1. The molecule has 3 heterocycles. The van der Waals surface area contributed by atoms with Crippen molar-refractivity contribution in [2.75, 3.05) is 0 Å². The quantitative estimate of drug-likeness (QED) is 0.705. The number of benzene rings is 2. The molecular weight excluding hydrogens is 327 g/mol. The molecule has 2 bridgehead atoms. The molecule has 2 saturated heterocycles. The minimum absolute atomic E-state index is 0.151. The fraction of sp³-hybridized carbons (Fsp3) is 0.318. The van der Waals surface area contributed by atoms with Crippen LogP contribution in [0.5, 0.6) is 0 Å². The van der Waals surface area contributed by atoms with Crippen molar-refractivity contribution < 1.29 is 9.18 Å². The van der Waals surface area contributed by atoms with E-state index in [2.05, 4.69) is 9.88 Å². The van der Waals surface area contributed by atoms with Gasteiger partial charge in [-0.15, -0.1) is 0 Å². The van der Waals surface area contributed by atoms with Crippen molar-refractivity contribution >= 4 is 16.8 Å². The summed E-state index contributed by atoms with van der Waals surface area (Å²) < 4.78 is 13.2. The first-order valence-electron chi connectivity index (χ1n) is 9.34. The molecule has 2 aromatic carbocycles. The molecule has 1 aromatic heterocycles. The highest BCUT2D eigenvalue weighted by Crippen LogP contribution is 2.43. The molecule has 3 nitrogen and oxygen atoms in total. The standard InChI is InChI=1S/C22H21FN2O/c23-18-4-1-14(2-5-18)17-12-19-6-7-20(13-17)25(19)22(26)16-3-8-21-15(11-16)9-10-24-21/h1-5,8-11,17,19-20,24H,6-7,12-13H2/t17-,19+,20-. The highest BCUT2D eigenvalue weighted by atomic mass is 19.1. The van der Waals surface area contributed by atoms with Crippen molar-refractivity contribution in [1.82, 2.24) is 9.88 Å². The molecule has 3 atom stereocenters. The number of nitrogens with zero attached hydrogens (tertiary/aromatic N) is 1. The van der Waals surface area contributed by atoms with Gasteiger partial charge in [0.1, 0.15) is 5.82 Å². The Bertz CT molecular complexity index is 948. The van der Waals surface area contributed by atoms with E-state index in [1.807, 2.05) is 42.6 Å². The normalized spacial score (nSPS) is 25.0. The fourth-order valence-corrected chi connectivity index (χ4v) is 4.85. The molecule has 0 aliphatic carbocycles. The van der Waals surface area contributed by atoms with E-state index in [0.717, 1.165) is 42.1 Å². The summed E-state index contributed by atoms with van der Waals surface area (Å²) in [7, 11) is 0. The van der Waals surface area contributed by atoms with Crippen molar-refractivity contribution in [1.29, 1.82) is 0 Å². The highest BCUT2D eigenvalue weighted by Gasteiger charge is 2.43. The largest absolute Gasteiger partial charge is 0.361 e. The number of halogens is 1. The first-order valence-corrected chi connectivity index (χ1v) is 9.34. The van der Waals surface area contributed by atoms with Crippen LogP contribution in [0.3, 0.4) is 0 Å². The topological polar surface area (TPSA) is 36.1 Å². The number of fused-ring (bicyclic) bond motifs is 3. The van der Waals surface area contributed by atoms with E-state index < -0.39 is 0 Å². The second-order valence-electron chi connectivity index (χ2n) is 7.60. The Balaban J connectivity index is 1.39. The lowest BCUT2D eigenvalue weighted by Gasteiger charge is -2.39. The summed E-state index contributed by atoms with van der Waals surface area (Å²) in [6, 6.07) is 15.4. The maximum atomic E-state index is 13.2. The number of carbonyl (C=O) groups is 1.